The van der Waals surface area contributed by atoms with Crippen molar-refractivity contribution in [3.05, 3.63) is 112 Å². The molecule has 0 saturated carbocycles. The fourth-order valence-corrected chi connectivity index (χ4v) is 2.80. The maximum atomic E-state index is 12.8. The molecule has 3 aromatic carbocycles. The van der Waals surface area contributed by atoms with E-state index in [4.69, 9.17) is 11.6 Å². The summed E-state index contributed by atoms with van der Waals surface area (Å²) in [6.07, 6.45) is 0. The lowest BCUT2D eigenvalue weighted by molar-refractivity contribution is 0.0708. The van der Waals surface area contributed by atoms with Gasteiger partial charge in [0.15, 0.2) is 0 Å². The monoisotopic (exact) mass is 350 g/mol. The Balaban J connectivity index is 2.07. The van der Waals surface area contributed by atoms with Crippen LogP contribution in [0.25, 0.3) is 0 Å². The van der Waals surface area contributed by atoms with E-state index in [0.29, 0.717) is 10.6 Å². The molecule has 124 valence electrons. The first-order valence-electron chi connectivity index (χ1n) is 7.73. The number of carbonyl (C=O) groups is 1. The Kier molecular flexibility index (Phi) is 5.21. The van der Waals surface area contributed by atoms with Crippen LogP contribution in [0.2, 0.25) is 5.02 Å². The molecule has 4 nitrogen and oxygen atoms in total. The zero-order chi connectivity index (χ0) is 17.6. The van der Waals surface area contributed by atoms with Crippen LogP contribution in [-0.4, -0.2) is 10.9 Å². The normalized spacial score (nSPS) is 11.6. The second-order valence-corrected chi connectivity index (χ2v) is 5.90. The van der Waals surface area contributed by atoms with Crippen molar-refractivity contribution in [2.24, 2.45) is 5.29 Å². The lowest BCUT2D eigenvalue weighted by Gasteiger charge is -2.25. The molecular formula is C20H15ClN2O2. The highest BCUT2D eigenvalue weighted by Gasteiger charge is 2.29. The topological polar surface area (TPSA) is 49.7 Å². The van der Waals surface area contributed by atoms with Gasteiger partial charge in [-0.1, -0.05) is 72.3 Å². The Morgan fingerprint density at radius 3 is 1.88 bits per heavy atom. The standard InChI is InChI=1S/C20H15ClN2O2/c21-18-13-11-16(12-14-18)19(15-7-3-1-4-8-15)23(22-25)20(24)17-9-5-2-6-10-17/h1-14,19H. The molecule has 25 heavy (non-hydrogen) atoms. The molecule has 0 fully saturated rings. The number of nitrogens with zero attached hydrogens (tertiary/aromatic N) is 2. The number of benzene rings is 3. The van der Waals surface area contributed by atoms with Crippen LogP contribution in [-0.2, 0) is 0 Å². The first-order chi connectivity index (χ1) is 12.2. The number of amides is 1. The lowest BCUT2D eigenvalue weighted by atomic mass is 9.97. The smallest absolute Gasteiger partial charge is 0.267 e. The number of carbonyl (C=O) groups excluding carboxylic acids is 1. The van der Waals surface area contributed by atoms with Crippen LogP contribution in [0.15, 0.2) is 90.2 Å². The van der Waals surface area contributed by atoms with E-state index in [9.17, 15) is 9.70 Å². The number of hydrogen-bond donors (Lipinski definition) is 0. The van der Waals surface area contributed by atoms with Gasteiger partial charge in [-0.2, -0.15) is 5.01 Å². The molecule has 0 saturated heterocycles. The van der Waals surface area contributed by atoms with Gasteiger partial charge < -0.3 is 0 Å². The molecule has 3 aromatic rings. The third-order valence-corrected chi connectivity index (χ3v) is 4.11. The Hall–Kier alpha value is -2.98. The van der Waals surface area contributed by atoms with Crippen molar-refractivity contribution in [3.8, 4) is 0 Å². The predicted octanol–water partition coefficient (Wildman–Crippen LogP) is 5.25. The highest BCUT2D eigenvalue weighted by atomic mass is 35.5. The van der Waals surface area contributed by atoms with Crippen molar-refractivity contribution in [2.75, 3.05) is 0 Å². The molecule has 0 aliphatic heterocycles. The van der Waals surface area contributed by atoms with E-state index in [0.717, 1.165) is 16.1 Å². The molecule has 5 heteroatoms. The molecule has 0 aromatic heterocycles. The first kappa shape index (κ1) is 16.9. The van der Waals surface area contributed by atoms with Gasteiger partial charge in [0.2, 0.25) is 0 Å². The van der Waals surface area contributed by atoms with Gasteiger partial charge in [-0.3, -0.25) is 4.79 Å². The van der Waals surface area contributed by atoms with Crippen LogP contribution in [0.3, 0.4) is 0 Å². The fraction of sp³-hybridized carbons (Fsp3) is 0.0500. The van der Waals surface area contributed by atoms with Crippen molar-refractivity contribution < 1.29 is 4.79 Å². The molecule has 0 N–H and O–H groups in total. The van der Waals surface area contributed by atoms with E-state index < -0.39 is 11.9 Å². The molecule has 3 rings (SSSR count). The summed E-state index contributed by atoms with van der Waals surface area (Å²) >= 11 is 5.97. The number of nitroso groups, excluding NO2 is 1. The quantitative estimate of drug-likeness (QED) is 0.466. The van der Waals surface area contributed by atoms with Gasteiger partial charge in [0.1, 0.15) is 6.04 Å². The summed E-state index contributed by atoms with van der Waals surface area (Å²) in [6, 6.07) is 24.3. The third-order valence-electron chi connectivity index (χ3n) is 3.86. The lowest BCUT2D eigenvalue weighted by Crippen LogP contribution is -2.30. The number of rotatable bonds is 5. The second kappa shape index (κ2) is 7.73. The summed E-state index contributed by atoms with van der Waals surface area (Å²) in [5.74, 6) is -0.459. The minimum absolute atomic E-state index is 0.400. The fourth-order valence-electron chi connectivity index (χ4n) is 2.67. The highest BCUT2D eigenvalue weighted by molar-refractivity contribution is 6.30. The van der Waals surface area contributed by atoms with Gasteiger partial charge in [0.25, 0.3) is 5.91 Å². The summed E-state index contributed by atoms with van der Waals surface area (Å²) in [7, 11) is 0. The van der Waals surface area contributed by atoms with Crippen LogP contribution in [0, 0.1) is 4.91 Å². The largest absolute Gasteiger partial charge is 0.277 e. The van der Waals surface area contributed by atoms with Gasteiger partial charge >= 0.3 is 0 Å². The minimum atomic E-state index is -0.635. The van der Waals surface area contributed by atoms with Gasteiger partial charge in [0, 0.05) is 10.6 Å². The number of hydrogen-bond acceptors (Lipinski definition) is 3. The molecule has 0 aliphatic carbocycles. The zero-order valence-corrected chi connectivity index (χ0v) is 14.0. The Labute approximate surface area is 150 Å². The molecule has 0 spiro atoms. The molecule has 1 amide bonds. The van der Waals surface area contributed by atoms with E-state index in [1.54, 1.807) is 48.5 Å². The predicted molar refractivity (Wildman–Crippen MR) is 98.1 cm³/mol. The maximum Gasteiger partial charge on any atom is 0.277 e. The van der Waals surface area contributed by atoms with Gasteiger partial charge in [0.05, 0.1) is 5.29 Å². The van der Waals surface area contributed by atoms with Gasteiger partial charge in [-0.15, -0.1) is 4.91 Å². The molecule has 0 heterocycles. The summed E-state index contributed by atoms with van der Waals surface area (Å²) in [5.41, 5.74) is 1.94. The molecule has 1 unspecified atom stereocenters. The molecule has 0 aliphatic rings. The van der Waals surface area contributed by atoms with Crippen LogP contribution in [0.4, 0.5) is 0 Å². The van der Waals surface area contributed by atoms with Gasteiger partial charge in [-0.25, -0.2) is 0 Å². The Morgan fingerprint density at radius 2 is 1.32 bits per heavy atom. The van der Waals surface area contributed by atoms with Crippen molar-refractivity contribution >= 4 is 17.5 Å². The summed E-state index contributed by atoms with van der Waals surface area (Å²) in [6.45, 7) is 0. The van der Waals surface area contributed by atoms with Crippen molar-refractivity contribution in [1.29, 1.82) is 0 Å². The van der Waals surface area contributed by atoms with Crippen molar-refractivity contribution in [1.82, 2.24) is 5.01 Å². The average Bonchev–Trinajstić information content (AvgIpc) is 2.68. The van der Waals surface area contributed by atoms with Crippen LogP contribution < -0.4 is 0 Å². The zero-order valence-electron chi connectivity index (χ0n) is 13.2. The van der Waals surface area contributed by atoms with E-state index in [1.807, 2.05) is 36.4 Å². The molecule has 1 atom stereocenters. The third kappa shape index (κ3) is 3.75. The molecular weight excluding hydrogens is 336 g/mol. The first-order valence-corrected chi connectivity index (χ1v) is 8.11. The van der Waals surface area contributed by atoms with Crippen LogP contribution in [0.5, 0.6) is 0 Å². The van der Waals surface area contributed by atoms with Crippen molar-refractivity contribution in [3.63, 3.8) is 0 Å². The minimum Gasteiger partial charge on any atom is -0.267 e. The summed E-state index contributed by atoms with van der Waals surface area (Å²) in [4.78, 5) is 24.4. The van der Waals surface area contributed by atoms with Crippen molar-refractivity contribution in [2.45, 2.75) is 6.04 Å². The van der Waals surface area contributed by atoms with E-state index >= 15 is 0 Å². The molecule has 0 radical (unpaired) electrons. The maximum absolute atomic E-state index is 12.8. The van der Waals surface area contributed by atoms with Crippen LogP contribution in [0.1, 0.15) is 27.5 Å². The summed E-state index contributed by atoms with van der Waals surface area (Å²) < 4.78 is 0. The number of halogens is 1. The van der Waals surface area contributed by atoms with E-state index in [-0.39, 0.29) is 0 Å². The van der Waals surface area contributed by atoms with Gasteiger partial charge in [-0.05, 0) is 35.4 Å². The van der Waals surface area contributed by atoms with E-state index in [2.05, 4.69) is 5.29 Å². The Morgan fingerprint density at radius 1 is 0.800 bits per heavy atom. The van der Waals surface area contributed by atoms with E-state index in [1.165, 1.54) is 0 Å². The average molecular weight is 351 g/mol. The summed E-state index contributed by atoms with van der Waals surface area (Å²) in [5, 5.41) is 4.59. The molecule has 0 bridgehead atoms. The second-order valence-electron chi connectivity index (χ2n) is 5.46. The Bertz CT molecular complexity index is 852. The van der Waals surface area contributed by atoms with Crippen LogP contribution >= 0.6 is 11.6 Å². The SMILES string of the molecule is O=NN(C(=O)c1ccccc1)C(c1ccccc1)c1ccc(Cl)cc1. The highest BCUT2D eigenvalue weighted by Crippen LogP contribution is 2.31.